The number of aryl methyl sites for hydroxylation is 2. The van der Waals surface area contributed by atoms with E-state index in [1.165, 1.54) is 4.88 Å². The zero-order valence-electron chi connectivity index (χ0n) is 20.2. The van der Waals surface area contributed by atoms with Crippen molar-refractivity contribution in [3.8, 4) is 0 Å². The van der Waals surface area contributed by atoms with Gasteiger partial charge in [0.25, 0.3) is 5.91 Å². The van der Waals surface area contributed by atoms with E-state index in [-0.39, 0.29) is 25.0 Å². The maximum absolute atomic E-state index is 12.6. The minimum Gasteiger partial charge on any atom is -0.452 e. The summed E-state index contributed by atoms with van der Waals surface area (Å²) in [7, 11) is 0. The van der Waals surface area contributed by atoms with Gasteiger partial charge >= 0.3 is 5.97 Å². The fourth-order valence-corrected chi connectivity index (χ4v) is 5.93. The molecular formula is C26H33N3O4S. The Morgan fingerprint density at radius 3 is 2.53 bits per heavy atom. The van der Waals surface area contributed by atoms with Gasteiger partial charge in [-0.2, -0.15) is 0 Å². The quantitative estimate of drug-likeness (QED) is 0.637. The summed E-state index contributed by atoms with van der Waals surface area (Å²) in [4.78, 5) is 42.7. The molecule has 2 amide bonds. The van der Waals surface area contributed by atoms with E-state index in [0.29, 0.717) is 37.7 Å². The molecule has 2 heterocycles. The number of carbonyl (C=O) groups excluding carboxylic acids is 3. The van der Waals surface area contributed by atoms with Gasteiger partial charge < -0.3 is 15.0 Å². The number of ether oxygens (including phenoxy) is 1. The van der Waals surface area contributed by atoms with E-state index in [9.17, 15) is 14.4 Å². The average molecular weight is 484 g/mol. The van der Waals surface area contributed by atoms with Crippen LogP contribution in [-0.2, 0) is 27.2 Å². The average Bonchev–Trinajstić information content (AvgIpc) is 3.23. The molecule has 8 heteroatoms. The molecule has 0 radical (unpaired) electrons. The lowest BCUT2D eigenvalue weighted by Gasteiger charge is -2.34. The Bertz CT molecular complexity index is 1050. The second-order valence-corrected chi connectivity index (χ2v) is 10.4. The molecule has 1 unspecified atom stereocenters. The number of esters is 1. The van der Waals surface area contributed by atoms with E-state index in [2.05, 4.69) is 12.2 Å². The first-order valence-corrected chi connectivity index (χ1v) is 12.8. The fourth-order valence-electron chi connectivity index (χ4n) is 4.69. The van der Waals surface area contributed by atoms with E-state index < -0.39 is 5.97 Å². The highest BCUT2D eigenvalue weighted by atomic mass is 32.1. The van der Waals surface area contributed by atoms with Crippen molar-refractivity contribution in [2.45, 2.75) is 40.0 Å². The minimum absolute atomic E-state index is 0.0559. The van der Waals surface area contributed by atoms with Gasteiger partial charge in [-0.3, -0.25) is 14.5 Å². The first-order chi connectivity index (χ1) is 16.3. The van der Waals surface area contributed by atoms with E-state index in [4.69, 9.17) is 4.74 Å². The van der Waals surface area contributed by atoms with Crippen molar-refractivity contribution < 1.29 is 19.1 Å². The predicted octanol–water partition coefficient (Wildman–Crippen LogP) is 3.43. The molecule has 1 N–H and O–H groups in total. The Morgan fingerprint density at radius 1 is 1.12 bits per heavy atom. The Kier molecular flexibility index (Phi) is 7.68. The lowest BCUT2D eigenvalue weighted by Crippen LogP contribution is -2.51. The van der Waals surface area contributed by atoms with Crippen molar-refractivity contribution >= 4 is 34.8 Å². The third-order valence-electron chi connectivity index (χ3n) is 6.79. The van der Waals surface area contributed by atoms with Crippen LogP contribution in [0.4, 0.5) is 5.69 Å². The van der Waals surface area contributed by atoms with Crippen LogP contribution in [0, 0.1) is 19.8 Å². The zero-order chi connectivity index (χ0) is 24.2. The van der Waals surface area contributed by atoms with Crippen molar-refractivity contribution in [2.75, 3.05) is 44.6 Å². The molecule has 1 saturated heterocycles. The van der Waals surface area contributed by atoms with E-state index in [1.807, 2.05) is 42.3 Å². The summed E-state index contributed by atoms with van der Waals surface area (Å²) in [6.45, 7) is 8.47. The topological polar surface area (TPSA) is 79.0 Å². The van der Waals surface area contributed by atoms with Crippen molar-refractivity contribution in [3.63, 3.8) is 0 Å². The van der Waals surface area contributed by atoms with E-state index >= 15 is 0 Å². The number of carbonyl (C=O) groups is 3. The Balaban J connectivity index is 1.21. The summed E-state index contributed by atoms with van der Waals surface area (Å²) >= 11 is 1.62. The molecule has 1 aliphatic heterocycles. The van der Waals surface area contributed by atoms with Crippen LogP contribution < -0.4 is 5.32 Å². The minimum atomic E-state index is -0.401. The van der Waals surface area contributed by atoms with Gasteiger partial charge in [0.15, 0.2) is 6.61 Å². The second kappa shape index (κ2) is 10.7. The van der Waals surface area contributed by atoms with Crippen molar-refractivity contribution in [3.05, 3.63) is 50.7 Å². The second-order valence-electron chi connectivity index (χ2n) is 9.45. The van der Waals surface area contributed by atoms with Crippen LogP contribution in [0.2, 0.25) is 0 Å². The highest BCUT2D eigenvalue weighted by Crippen LogP contribution is 2.33. The van der Waals surface area contributed by atoms with Crippen molar-refractivity contribution in [1.82, 2.24) is 9.80 Å². The molecule has 0 saturated carbocycles. The van der Waals surface area contributed by atoms with Gasteiger partial charge in [-0.25, -0.2) is 4.79 Å². The predicted molar refractivity (Wildman–Crippen MR) is 133 cm³/mol. The van der Waals surface area contributed by atoms with Gasteiger partial charge in [0.2, 0.25) is 5.91 Å². The molecule has 0 bridgehead atoms. The van der Waals surface area contributed by atoms with Gasteiger partial charge in [0.05, 0.1) is 12.1 Å². The molecule has 34 heavy (non-hydrogen) atoms. The normalized spacial score (nSPS) is 18.3. The van der Waals surface area contributed by atoms with Crippen LogP contribution in [0.15, 0.2) is 23.6 Å². The first-order valence-electron chi connectivity index (χ1n) is 11.9. The highest BCUT2D eigenvalue weighted by molar-refractivity contribution is 7.10. The van der Waals surface area contributed by atoms with Crippen LogP contribution in [0.1, 0.15) is 45.3 Å². The van der Waals surface area contributed by atoms with Gasteiger partial charge in [-0.15, -0.1) is 11.3 Å². The number of hydrogen-bond acceptors (Lipinski definition) is 6. The smallest absolute Gasteiger partial charge is 0.339 e. The van der Waals surface area contributed by atoms with Gasteiger partial charge in [0.1, 0.15) is 0 Å². The number of anilines is 1. The Hall–Kier alpha value is -2.71. The molecule has 1 atom stereocenters. The van der Waals surface area contributed by atoms with Crippen LogP contribution in [0.5, 0.6) is 0 Å². The molecule has 1 aromatic carbocycles. The van der Waals surface area contributed by atoms with Crippen molar-refractivity contribution in [1.29, 1.82) is 0 Å². The fraction of sp³-hybridized carbons (Fsp3) is 0.500. The number of para-hydroxylation sites is 1. The van der Waals surface area contributed by atoms with E-state index in [1.54, 1.807) is 16.2 Å². The van der Waals surface area contributed by atoms with Crippen LogP contribution in [-0.4, -0.2) is 66.9 Å². The molecule has 0 spiro atoms. The number of thiophene rings is 1. The van der Waals surface area contributed by atoms with Crippen molar-refractivity contribution in [2.24, 2.45) is 5.92 Å². The van der Waals surface area contributed by atoms with Crippen LogP contribution in [0.3, 0.4) is 0 Å². The third-order valence-corrected chi connectivity index (χ3v) is 7.84. The summed E-state index contributed by atoms with van der Waals surface area (Å²) in [6.07, 6.45) is 2.99. The highest BCUT2D eigenvalue weighted by Gasteiger charge is 2.26. The Labute approximate surface area is 205 Å². The monoisotopic (exact) mass is 483 g/mol. The van der Waals surface area contributed by atoms with Gasteiger partial charge in [-0.05, 0) is 55.7 Å². The number of hydrogen-bond donors (Lipinski definition) is 1. The molecule has 1 aromatic heterocycles. The number of benzene rings is 1. The number of amides is 2. The SMILES string of the molecule is Cc1cccc(C)c1NC(=O)CN1CCN(C(=O)COC(=O)c2csc3c2CCC(C)C3)CC1. The number of nitrogens with one attached hydrogen (secondary N) is 1. The summed E-state index contributed by atoms with van der Waals surface area (Å²) in [5.74, 6) is 0.000391. The summed E-state index contributed by atoms with van der Waals surface area (Å²) in [6, 6.07) is 5.93. The molecular weight excluding hydrogens is 450 g/mol. The number of nitrogens with zero attached hydrogens (tertiary/aromatic N) is 2. The lowest BCUT2D eigenvalue weighted by molar-refractivity contribution is -0.136. The van der Waals surface area contributed by atoms with E-state index in [0.717, 1.165) is 41.6 Å². The number of fused-ring (bicyclic) bond motifs is 1. The standard InChI is InChI=1S/C26H33N3O4S/c1-17-7-8-20-21(16-34-22(20)13-17)26(32)33-15-24(31)29-11-9-28(10-12-29)14-23(30)27-25-18(2)5-4-6-19(25)3/h4-6,16-17H,7-15H2,1-3H3,(H,27,30). The van der Waals surface area contributed by atoms with Crippen LogP contribution >= 0.6 is 11.3 Å². The van der Waals surface area contributed by atoms with Crippen LogP contribution in [0.25, 0.3) is 0 Å². The molecule has 1 aliphatic carbocycles. The molecule has 182 valence electrons. The maximum atomic E-state index is 12.6. The third kappa shape index (κ3) is 5.67. The zero-order valence-corrected chi connectivity index (χ0v) is 21.0. The summed E-state index contributed by atoms with van der Waals surface area (Å²) < 4.78 is 5.37. The first kappa shape index (κ1) is 24.4. The number of piperazine rings is 1. The van der Waals surface area contributed by atoms with Gasteiger partial charge in [0, 0.05) is 42.1 Å². The summed E-state index contributed by atoms with van der Waals surface area (Å²) in [5.41, 5.74) is 4.67. The number of rotatable bonds is 6. The molecule has 2 aliphatic rings. The largest absolute Gasteiger partial charge is 0.452 e. The lowest BCUT2D eigenvalue weighted by atomic mass is 9.88. The maximum Gasteiger partial charge on any atom is 0.339 e. The Morgan fingerprint density at radius 2 is 1.82 bits per heavy atom. The molecule has 4 rings (SSSR count). The molecule has 1 fully saturated rings. The summed E-state index contributed by atoms with van der Waals surface area (Å²) in [5, 5.41) is 4.88. The van der Waals surface area contributed by atoms with Gasteiger partial charge in [-0.1, -0.05) is 25.1 Å². The molecule has 2 aromatic rings. The molecule has 7 nitrogen and oxygen atoms in total.